The lowest BCUT2D eigenvalue weighted by atomic mass is 10.2. The van der Waals surface area contributed by atoms with Crippen molar-refractivity contribution in [2.24, 2.45) is 0 Å². The molecule has 0 saturated heterocycles. The highest BCUT2D eigenvalue weighted by molar-refractivity contribution is 5.62. The summed E-state index contributed by atoms with van der Waals surface area (Å²) in [5.74, 6) is 1.23. The lowest BCUT2D eigenvalue weighted by Crippen LogP contribution is -2.27. The summed E-state index contributed by atoms with van der Waals surface area (Å²) in [5.41, 5.74) is 1.07. The number of anilines is 1. The van der Waals surface area contributed by atoms with Crippen molar-refractivity contribution in [3.63, 3.8) is 0 Å². The number of aromatic nitrogens is 1. The number of para-hydroxylation sites is 1. The number of benzene rings is 1. The SMILES string of the molecule is CCCCC1OC(c2ccno2)=[C]N1c1ccccc1. The van der Waals surface area contributed by atoms with E-state index in [9.17, 15) is 0 Å². The van der Waals surface area contributed by atoms with Crippen LogP contribution in [-0.2, 0) is 4.74 Å². The fourth-order valence-electron chi connectivity index (χ4n) is 2.23. The third kappa shape index (κ3) is 2.54. The number of hydrogen-bond acceptors (Lipinski definition) is 4. The zero-order valence-corrected chi connectivity index (χ0v) is 11.5. The van der Waals surface area contributed by atoms with Gasteiger partial charge in [0.25, 0.3) is 0 Å². The number of hydrogen-bond donors (Lipinski definition) is 0. The van der Waals surface area contributed by atoms with E-state index in [1.165, 1.54) is 0 Å². The summed E-state index contributed by atoms with van der Waals surface area (Å²) in [7, 11) is 0. The van der Waals surface area contributed by atoms with Crippen LogP contribution in [0.4, 0.5) is 5.69 Å². The maximum Gasteiger partial charge on any atom is 0.203 e. The highest BCUT2D eigenvalue weighted by Crippen LogP contribution is 2.32. The lowest BCUT2D eigenvalue weighted by molar-refractivity contribution is 0.172. The van der Waals surface area contributed by atoms with Crippen molar-refractivity contribution >= 4 is 11.4 Å². The molecular formula is C16H17N2O2. The smallest absolute Gasteiger partial charge is 0.203 e. The van der Waals surface area contributed by atoms with Gasteiger partial charge in [0.1, 0.15) is 6.20 Å². The van der Waals surface area contributed by atoms with Crippen molar-refractivity contribution in [3.8, 4) is 0 Å². The Morgan fingerprint density at radius 3 is 2.80 bits per heavy atom. The Kier molecular flexibility index (Phi) is 3.72. The highest BCUT2D eigenvalue weighted by Gasteiger charge is 2.29. The molecule has 3 rings (SSSR count). The molecule has 1 aliphatic rings. The molecule has 0 spiro atoms. The van der Waals surface area contributed by atoms with Crippen LogP contribution in [0, 0.1) is 6.20 Å². The summed E-state index contributed by atoms with van der Waals surface area (Å²) in [6, 6.07) is 11.9. The highest BCUT2D eigenvalue weighted by atomic mass is 16.5. The first-order valence-electron chi connectivity index (χ1n) is 6.94. The summed E-state index contributed by atoms with van der Waals surface area (Å²) in [4.78, 5) is 2.04. The van der Waals surface area contributed by atoms with Crippen molar-refractivity contribution < 1.29 is 9.26 Å². The van der Waals surface area contributed by atoms with Gasteiger partial charge in [0.2, 0.25) is 5.76 Å². The van der Waals surface area contributed by atoms with Crippen LogP contribution in [-0.4, -0.2) is 11.4 Å². The molecular weight excluding hydrogens is 252 g/mol. The van der Waals surface area contributed by atoms with Crippen molar-refractivity contribution in [2.45, 2.75) is 32.4 Å². The van der Waals surface area contributed by atoms with E-state index in [4.69, 9.17) is 9.26 Å². The Balaban J connectivity index is 1.86. The summed E-state index contributed by atoms with van der Waals surface area (Å²) in [6.45, 7) is 2.18. The van der Waals surface area contributed by atoms with Gasteiger partial charge in [0.15, 0.2) is 12.0 Å². The van der Waals surface area contributed by atoms with Gasteiger partial charge in [-0.2, -0.15) is 0 Å². The van der Waals surface area contributed by atoms with Crippen LogP contribution in [0.5, 0.6) is 0 Å². The number of nitrogens with zero attached hydrogens (tertiary/aromatic N) is 2. The molecule has 1 aliphatic heterocycles. The first-order valence-corrected chi connectivity index (χ1v) is 6.94. The van der Waals surface area contributed by atoms with E-state index in [1.807, 2.05) is 23.1 Å². The fourth-order valence-corrected chi connectivity index (χ4v) is 2.23. The van der Waals surface area contributed by atoms with Gasteiger partial charge >= 0.3 is 0 Å². The minimum absolute atomic E-state index is 0.0301. The van der Waals surface area contributed by atoms with Crippen molar-refractivity contribution in [3.05, 3.63) is 54.6 Å². The van der Waals surface area contributed by atoms with E-state index in [2.05, 4.69) is 30.4 Å². The number of unbranched alkanes of at least 4 members (excludes halogenated alkanes) is 1. The second kappa shape index (κ2) is 5.82. The van der Waals surface area contributed by atoms with E-state index < -0.39 is 0 Å². The van der Waals surface area contributed by atoms with E-state index in [-0.39, 0.29) is 6.23 Å². The molecule has 0 saturated carbocycles. The van der Waals surface area contributed by atoms with Gasteiger partial charge in [-0.3, -0.25) is 0 Å². The maximum atomic E-state index is 5.97. The molecule has 0 bridgehead atoms. The van der Waals surface area contributed by atoms with Gasteiger partial charge in [-0.15, -0.1) is 0 Å². The van der Waals surface area contributed by atoms with Gasteiger partial charge in [-0.25, -0.2) is 0 Å². The zero-order valence-electron chi connectivity index (χ0n) is 11.5. The monoisotopic (exact) mass is 269 g/mol. The minimum atomic E-state index is -0.0301. The third-order valence-corrected chi connectivity index (χ3v) is 3.26. The lowest BCUT2D eigenvalue weighted by Gasteiger charge is -2.23. The molecule has 4 nitrogen and oxygen atoms in total. The molecule has 0 aliphatic carbocycles. The molecule has 1 unspecified atom stereocenters. The van der Waals surface area contributed by atoms with Crippen LogP contribution in [0.15, 0.2) is 47.1 Å². The Labute approximate surface area is 118 Å². The van der Waals surface area contributed by atoms with Gasteiger partial charge in [0.05, 0.1) is 6.20 Å². The minimum Gasteiger partial charge on any atom is -0.464 e. The molecule has 20 heavy (non-hydrogen) atoms. The Bertz CT molecular complexity index is 563. The third-order valence-electron chi connectivity index (χ3n) is 3.26. The van der Waals surface area contributed by atoms with E-state index in [1.54, 1.807) is 12.3 Å². The molecule has 0 amide bonds. The predicted molar refractivity (Wildman–Crippen MR) is 76.5 cm³/mol. The topological polar surface area (TPSA) is 38.5 Å². The van der Waals surface area contributed by atoms with Crippen molar-refractivity contribution in [1.82, 2.24) is 5.16 Å². The first-order chi connectivity index (χ1) is 9.88. The Hall–Kier alpha value is -2.23. The van der Waals surface area contributed by atoms with Crippen LogP contribution in [0.1, 0.15) is 31.9 Å². The summed E-state index contributed by atoms with van der Waals surface area (Å²) in [5, 5.41) is 3.72. The normalized spacial score (nSPS) is 17.9. The number of rotatable bonds is 5. The van der Waals surface area contributed by atoms with Crippen molar-refractivity contribution in [2.75, 3.05) is 4.90 Å². The van der Waals surface area contributed by atoms with E-state index >= 15 is 0 Å². The van der Waals surface area contributed by atoms with Gasteiger partial charge in [-0.1, -0.05) is 36.7 Å². The van der Waals surface area contributed by atoms with Crippen LogP contribution < -0.4 is 4.90 Å². The molecule has 1 atom stereocenters. The Morgan fingerprint density at radius 1 is 1.25 bits per heavy atom. The summed E-state index contributed by atoms with van der Waals surface area (Å²) >= 11 is 0. The van der Waals surface area contributed by atoms with Gasteiger partial charge in [-0.05, 0) is 18.6 Å². The molecule has 103 valence electrons. The fraction of sp³-hybridized carbons (Fsp3) is 0.312. The van der Waals surface area contributed by atoms with Crippen molar-refractivity contribution in [1.29, 1.82) is 0 Å². The van der Waals surface area contributed by atoms with Crippen LogP contribution in [0.2, 0.25) is 0 Å². The predicted octanol–water partition coefficient (Wildman–Crippen LogP) is 3.83. The average Bonchev–Trinajstić information content (AvgIpc) is 3.15. The molecule has 0 fully saturated rings. The Morgan fingerprint density at radius 2 is 2.10 bits per heavy atom. The molecule has 1 aromatic heterocycles. The van der Waals surface area contributed by atoms with Gasteiger partial charge in [0, 0.05) is 18.2 Å². The maximum absolute atomic E-state index is 5.97. The second-order valence-corrected chi connectivity index (χ2v) is 4.74. The van der Waals surface area contributed by atoms with Crippen LogP contribution in [0.25, 0.3) is 5.76 Å². The number of ether oxygens (including phenoxy) is 1. The molecule has 0 N–H and O–H groups in total. The zero-order chi connectivity index (χ0) is 13.8. The van der Waals surface area contributed by atoms with Crippen LogP contribution in [0.3, 0.4) is 0 Å². The largest absolute Gasteiger partial charge is 0.464 e. The van der Waals surface area contributed by atoms with Crippen LogP contribution >= 0.6 is 0 Å². The molecule has 1 radical (unpaired) electrons. The van der Waals surface area contributed by atoms with E-state index in [0.717, 1.165) is 24.9 Å². The standard InChI is InChI=1S/C16H17N2O2/c1-2-3-9-16-18(13-7-5-4-6-8-13)12-15(19-16)14-10-11-17-20-14/h4-8,10-11,16H,2-3,9H2,1H3. The van der Waals surface area contributed by atoms with E-state index in [0.29, 0.717) is 11.5 Å². The summed E-state index contributed by atoms with van der Waals surface area (Å²) < 4.78 is 11.1. The first kappa shape index (κ1) is 12.8. The quantitative estimate of drug-likeness (QED) is 0.827. The van der Waals surface area contributed by atoms with Gasteiger partial charge < -0.3 is 14.2 Å². The molecule has 2 aromatic rings. The molecule has 1 aromatic carbocycles. The molecule has 2 heterocycles. The summed E-state index contributed by atoms with van der Waals surface area (Å²) in [6.07, 6.45) is 8.05. The second-order valence-electron chi connectivity index (χ2n) is 4.74. The molecule has 4 heteroatoms. The average molecular weight is 269 g/mol.